The highest BCUT2D eigenvalue weighted by molar-refractivity contribution is 5.98. The standard InChI is InChI=1S/C26H37NO2/c1-24(29)12-13-25(2)18(15-24)6-7-19-20-8-9-22(26(20,3)11-10-21(19)25)23(28)17-5-4-14-27-16-17/h4-5,14,16,18-22,29H,6-13,15H2,1-3H3/t18-,19-,20-,21-,22+,24+,25-,26-/m0/s1. The maximum atomic E-state index is 13.4. The van der Waals surface area contributed by atoms with Crippen molar-refractivity contribution in [3.8, 4) is 0 Å². The molecular formula is C26H37NO2. The number of aromatic nitrogens is 1. The van der Waals surface area contributed by atoms with E-state index >= 15 is 0 Å². The summed E-state index contributed by atoms with van der Waals surface area (Å²) in [6, 6.07) is 3.83. The summed E-state index contributed by atoms with van der Waals surface area (Å²) in [5.74, 6) is 3.40. The van der Waals surface area contributed by atoms with Gasteiger partial charge in [0.05, 0.1) is 5.60 Å². The Hall–Kier alpha value is -1.22. The molecule has 29 heavy (non-hydrogen) atoms. The maximum Gasteiger partial charge on any atom is 0.168 e. The molecule has 0 bridgehead atoms. The average Bonchev–Trinajstić information content (AvgIpc) is 3.06. The van der Waals surface area contributed by atoms with Crippen LogP contribution in [0.2, 0.25) is 0 Å². The molecule has 1 heterocycles. The molecule has 3 heteroatoms. The van der Waals surface area contributed by atoms with E-state index in [0.29, 0.717) is 23.0 Å². The van der Waals surface area contributed by atoms with Crippen molar-refractivity contribution in [1.29, 1.82) is 0 Å². The molecule has 4 aliphatic carbocycles. The van der Waals surface area contributed by atoms with Gasteiger partial charge in [0.1, 0.15) is 0 Å². The molecule has 5 rings (SSSR count). The van der Waals surface area contributed by atoms with Gasteiger partial charge in [-0.1, -0.05) is 13.8 Å². The number of carbonyl (C=O) groups is 1. The molecule has 0 saturated heterocycles. The molecule has 0 aromatic carbocycles. The molecule has 0 aliphatic heterocycles. The summed E-state index contributed by atoms with van der Waals surface area (Å²) in [4.78, 5) is 17.6. The molecule has 1 N–H and O–H groups in total. The number of hydrogen-bond donors (Lipinski definition) is 1. The van der Waals surface area contributed by atoms with Crippen LogP contribution < -0.4 is 0 Å². The van der Waals surface area contributed by atoms with Crippen LogP contribution in [0.15, 0.2) is 24.5 Å². The highest BCUT2D eigenvalue weighted by Gasteiger charge is 2.61. The van der Waals surface area contributed by atoms with E-state index in [4.69, 9.17) is 0 Å². The summed E-state index contributed by atoms with van der Waals surface area (Å²) in [5, 5.41) is 10.7. The van der Waals surface area contributed by atoms with Crippen molar-refractivity contribution in [2.24, 2.45) is 40.4 Å². The van der Waals surface area contributed by atoms with Gasteiger partial charge in [0.15, 0.2) is 5.78 Å². The summed E-state index contributed by atoms with van der Waals surface area (Å²) in [5.41, 5.74) is 0.871. The topological polar surface area (TPSA) is 50.2 Å². The van der Waals surface area contributed by atoms with Gasteiger partial charge in [0, 0.05) is 23.9 Å². The molecule has 0 unspecified atom stereocenters. The molecule has 4 fully saturated rings. The highest BCUT2D eigenvalue weighted by atomic mass is 16.3. The van der Waals surface area contributed by atoms with E-state index in [0.717, 1.165) is 36.7 Å². The highest BCUT2D eigenvalue weighted by Crippen LogP contribution is 2.68. The largest absolute Gasteiger partial charge is 0.390 e. The van der Waals surface area contributed by atoms with Crippen LogP contribution in [0.1, 0.15) is 88.9 Å². The number of hydrogen-bond acceptors (Lipinski definition) is 3. The van der Waals surface area contributed by atoms with Crippen molar-refractivity contribution in [2.75, 3.05) is 0 Å². The second-order valence-electron chi connectivity index (χ2n) is 11.6. The smallest absolute Gasteiger partial charge is 0.168 e. The summed E-state index contributed by atoms with van der Waals surface area (Å²) >= 11 is 0. The Bertz CT molecular complexity index is 789. The lowest BCUT2D eigenvalue weighted by molar-refractivity contribution is -0.144. The zero-order chi connectivity index (χ0) is 20.4. The average molecular weight is 396 g/mol. The third kappa shape index (κ3) is 2.94. The first-order chi connectivity index (χ1) is 13.7. The van der Waals surface area contributed by atoms with Gasteiger partial charge < -0.3 is 5.11 Å². The summed E-state index contributed by atoms with van der Waals surface area (Å²) in [7, 11) is 0. The van der Waals surface area contributed by atoms with Gasteiger partial charge in [0.2, 0.25) is 0 Å². The summed E-state index contributed by atoms with van der Waals surface area (Å²) in [6.07, 6.45) is 13.9. The molecular weight excluding hydrogens is 358 g/mol. The number of ketones is 1. The fourth-order valence-corrected chi connectivity index (χ4v) is 8.57. The fourth-order valence-electron chi connectivity index (χ4n) is 8.57. The van der Waals surface area contributed by atoms with E-state index in [1.807, 2.05) is 19.1 Å². The van der Waals surface area contributed by atoms with Crippen LogP contribution in [0, 0.1) is 40.4 Å². The second kappa shape index (κ2) is 6.64. The fraction of sp³-hybridized carbons (Fsp3) is 0.769. The van der Waals surface area contributed by atoms with Crippen LogP contribution in [-0.2, 0) is 0 Å². The van der Waals surface area contributed by atoms with Crippen LogP contribution in [-0.4, -0.2) is 21.5 Å². The van der Waals surface area contributed by atoms with Crippen molar-refractivity contribution in [2.45, 2.75) is 84.2 Å². The lowest BCUT2D eigenvalue weighted by atomic mass is 9.44. The molecule has 1 aromatic rings. The number of rotatable bonds is 2. The van der Waals surface area contributed by atoms with Crippen molar-refractivity contribution >= 4 is 5.78 Å². The number of pyridine rings is 1. The zero-order valence-corrected chi connectivity index (χ0v) is 18.4. The van der Waals surface area contributed by atoms with Gasteiger partial charge in [-0.25, -0.2) is 0 Å². The minimum atomic E-state index is -0.464. The maximum absolute atomic E-state index is 13.4. The predicted octanol–water partition coefficient (Wildman–Crippen LogP) is 5.67. The van der Waals surface area contributed by atoms with Crippen molar-refractivity contribution < 1.29 is 9.90 Å². The summed E-state index contributed by atoms with van der Waals surface area (Å²) in [6.45, 7) is 7.02. The number of fused-ring (bicyclic) bond motifs is 5. The summed E-state index contributed by atoms with van der Waals surface area (Å²) < 4.78 is 0. The van der Waals surface area contributed by atoms with E-state index in [1.54, 1.807) is 12.4 Å². The molecule has 0 radical (unpaired) electrons. The third-order valence-corrected chi connectivity index (χ3v) is 10.2. The van der Waals surface area contributed by atoms with Crippen LogP contribution in [0.25, 0.3) is 0 Å². The Morgan fingerprint density at radius 1 is 1.00 bits per heavy atom. The quantitative estimate of drug-likeness (QED) is 0.656. The Kier molecular flexibility index (Phi) is 4.52. The van der Waals surface area contributed by atoms with Gasteiger partial charge in [0.25, 0.3) is 0 Å². The zero-order valence-electron chi connectivity index (χ0n) is 18.4. The SMILES string of the molecule is C[C@@]1(O)CC[C@@]2(C)[C@@H](CC[C@@H]3[C@@H]2CC[C@]2(C)[C@@H](C(=O)c4cccnc4)CC[C@@H]32)C1. The lowest BCUT2D eigenvalue weighted by Crippen LogP contribution is -2.55. The van der Waals surface area contributed by atoms with Crippen molar-refractivity contribution in [3.05, 3.63) is 30.1 Å². The molecule has 158 valence electrons. The van der Waals surface area contributed by atoms with E-state index < -0.39 is 5.60 Å². The molecule has 0 amide bonds. The molecule has 3 nitrogen and oxygen atoms in total. The van der Waals surface area contributed by atoms with Crippen LogP contribution in [0.5, 0.6) is 0 Å². The first kappa shape index (κ1) is 19.7. The lowest BCUT2D eigenvalue weighted by Gasteiger charge is -2.61. The Labute approximate surface area is 175 Å². The minimum Gasteiger partial charge on any atom is -0.390 e. The monoisotopic (exact) mass is 395 g/mol. The third-order valence-electron chi connectivity index (χ3n) is 10.2. The predicted molar refractivity (Wildman–Crippen MR) is 114 cm³/mol. The first-order valence-corrected chi connectivity index (χ1v) is 11.9. The van der Waals surface area contributed by atoms with E-state index in [9.17, 15) is 9.90 Å². The normalized spacial score (nSPS) is 49.0. The number of Topliss-reactive ketones (excluding diaryl/α,β-unsaturated/α-hetero) is 1. The molecule has 1 aromatic heterocycles. The number of nitrogens with zero attached hydrogens (tertiary/aromatic N) is 1. The Morgan fingerprint density at radius 2 is 1.79 bits per heavy atom. The van der Waals surface area contributed by atoms with Gasteiger partial charge in [-0.15, -0.1) is 0 Å². The molecule has 8 atom stereocenters. The van der Waals surface area contributed by atoms with Crippen molar-refractivity contribution in [3.63, 3.8) is 0 Å². The molecule has 0 spiro atoms. The van der Waals surface area contributed by atoms with E-state index in [1.165, 1.54) is 38.5 Å². The van der Waals surface area contributed by atoms with Gasteiger partial charge >= 0.3 is 0 Å². The molecule has 4 aliphatic rings. The van der Waals surface area contributed by atoms with E-state index in [2.05, 4.69) is 18.8 Å². The van der Waals surface area contributed by atoms with Crippen LogP contribution in [0.4, 0.5) is 0 Å². The van der Waals surface area contributed by atoms with Gasteiger partial charge in [-0.05, 0) is 111 Å². The van der Waals surface area contributed by atoms with E-state index in [-0.39, 0.29) is 11.3 Å². The molecule has 4 saturated carbocycles. The Balaban J connectivity index is 1.40. The Morgan fingerprint density at radius 3 is 2.55 bits per heavy atom. The van der Waals surface area contributed by atoms with Crippen molar-refractivity contribution in [1.82, 2.24) is 4.98 Å². The minimum absolute atomic E-state index is 0.150. The van der Waals surface area contributed by atoms with Gasteiger partial charge in [-0.2, -0.15) is 0 Å². The number of aliphatic hydroxyl groups is 1. The first-order valence-electron chi connectivity index (χ1n) is 11.9. The van der Waals surface area contributed by atoms with Gasteiger partial charge in [-0.3, -0.25) is 9.78 Å². The number of carbonyl (C=O) groups excluding carboxylic acids is 1. The van der Waals surface area contributed by atoms with Crippen LogP contribution >= 0.6 is 0 Å². The second-order valence-corrected chi connectivity index (χ2v) is 11.6. The van der Waals surface area contributed by atoms with Crippen LogP contribution in [0.3, 0.4) is 0 Å².